The molecule has 0 atom stereocenters. The Morgan fingerprint density at radius 3 is 2.93 bits per heavy atom. The second-order valence-corrected chi connectivity index (χ2v) is 8.05. The van der Waals surface area contributed by atoms with Crippen molar-refractivity contribution < 1.29 is 7.31 Å². The Morgan fingerprint density at radius 1 is 1.22 bits per heavy atom. The maximum Gasteiger partial charge on any atom is 0.214 e. The van der Waals surface area contributed by atoms with Crippen LogP contribution in [-0.4, -0.2) is 9.55 Å². The molecule has 0 bridgehead atoms. The molecular formula is C24H28N3+. The Labute approximate surface area is 164 Å². The lowest BCUT2D eigenvalue weighted by Crippen LogP contribution is -2.31. The summed E-state index contributed by atoms with van der Waals surface area (Å²) in [6.07, 6.45) is 11.0. The van der Waals surface area contributed by atoms with E-state index in [-0.39, 0.29) is 5.92 Å². The summed E-state index contributed by atoms with van der Waals surface area (Å²) >= 11 is 0. The molecule has 5 rings (SSSR count). The molecule has 0 spiro atoms. The first-order chi connectivity index (χ1) is 14.0. The van der Waals surface area contributed by atoms with Gasteiger partial charge in [-0.25, -0.2) is 9.55 Å². The van der Waals surface area contributed by atoms with E-state index in [9.17, 15) is 0 Å². The number of hydrogen-bond acceptors (Lipinski definition) is 1. The molecule has 1 fully saturated rings. The van der Waals surface area contributed by atoms with Crippen molar-refractivity contribution in [2.75, 3.05) is 0 Å². The van der Waals surface area contributed by atoms with E-state index in [1.165, 1.54) is 28.8 Å². The second-order valence-electron chi connectivity index (χ2n) is 8.05. The molecule has 0 unspecified atom stereocenters. The number of rotatable bonds is 3. The smallest absolute Gasteiger partial charge is 0.214 e. The van der Waals surface area contributed by atoms with Crippen LogP contribution in [-0.2, 0) is 19.8 Å². The summed E-state index contributed by atoms with van der Waals surface area (Å²) in [5.41, 5.74) is 6.74. The molecule has 138 valence electrons. The van der Waals surface area contributed by atoms with Crippen LogP contribution in [0.25, 0.3) is 16.9 Å². The van der Waals surface area contributed by atoms with Crippen molar-refractivity contribution in [3.63, 3.8) is 0 Å². The van der Waals surface area contributed by atoms with E-state index < -0.39 is 6.37 Å². The monoisotopic (exact) mass is 360 g/mol. The van der Waals surface area contributed by atoms with Gasteiger partial charge in [0.1, 0.15) is 12.9 Å². The fourth-order valence-corrected chi connectivity index (χ4v) is 4.71. The van der Waals surface area contributed by atoms with Crippen molar-refractivity contribution in [1.82, 2.24) is 9.55 Å². The zero-order chi connectivity index (χ0) is 20.2. The molecule has 3 aromatic rings. The molecule has 1 aliphatic heterocycles. The van der Waals surface area contributed by atoms with Crippen molar-refractivity contribution in [3.8, 4) is 16.9 Å². The lowest BCUT2D eigenvalue weighted by molar-refractivity contribution is -0.660. The summed E-state index contributed by atoms with van der Waals surface area (Å²) in [6, 6.07) is 8.45. The van der Waals surface area contributed by atoms with Crippen LogP contribution in [0.3, 0.4) is 0 Å². The molecule has 2 aromatic heterocycles. The van der Waals surface area contributed by atoms with E-state index in [4.69, 9.17) is 2.74 Å². The first-order valence-electron chi connectivity index (χ1n) is 11.1. The van der Waals surface area contributed by atoms with Gasteiger partial charge in [-0.3, -0.25) is 0 Å². The van der Waals surface area contributed by atoms with Gasteiger partial charge in [0.25, 0.3) is 0 Å². The predicted molar refractivity (Wildman–Crippen MR) is 108 cm³/mol. The maximum atomic E-state index is 8.93. The number of benzene rings is 1. The third-order valence-corrected chi connectivity index (χ3v) is 6.16. The van der Waals surface area contributed by atoms with Crippen LogP contribution >= 0.6 is 0 Å². The van der Waals surface area contributed by atoms with Crippen LogP contribution in [0.4, 0.5) is 0 Å². The van der Waals surface area contributed by atoms with Crippen LogP contribution in [0.1, 0.15) is 57.4 Å². The molecule has 3 nitrogen and oxygen atoms in total. The highest BCUT2D eigenvalue weighted by atomic mass is 15.1. The molecule has 1 aliphatic carbocycles. The van der Waals surface area contributed by atoms with Crippen molar-refractivity contribution in [2.24, 2.45) is 13.0 Å². The molecule has 0 amide bonds. The first-order valence-corrected chi connectivity index (χ1v) is 10.1. The van der Waals surface area contributed by atoms with Gasteiger partial charge in [-0.15, -0.1) is 0 Å². The quantitative estimate of drug-likeness (QED) is 0.485. The molecular weight excluding hydrogens is 330 g/mol. The Balaban J connectivity index is 1.66. The predicted octanol–water partition coefficient (Wildman–Crippen LogP) is 4.70. The molecule has 1 saturated carbocycles. The highest BCUT2D eigenvalue weighted by molar-refractivity contribution is 5.76. The Kier molecular flexibility index (Phi) is 3.59. The Hall–Kier alpha value is -2.42. The van der Waals surface area contributed by atoms with Gasteiger partial charge in [-0.2, -0.15) is 0 Å². The lowest BCUT2D eigenvalue weighted by Gasteiger charge is -2.21. The number of hydrogen-bond donors (Lipinski definition) is 0. The highest BCUT2D eigenvalue weighted by Crippen LogP contribution is 2.37. The Bertz CT molecular complexity index is 1080. The highest BCUT2D eigenvalue weighted by Gasteiger charge is 2.27. The van der Waals surface area contributed by atoms with Gasteiger partial charge in [0.2, 0.25) is 5.69 Å². The number of fused-ring (bicyclic) bond motifs is 3. The molecule has 0 radical (unpaired) electrons. The Morgan fingerprint density at radius 2 is 2.07 bits per heavy atom. The van der Waals surface area contributed by atoms with Gasteiger partial charge in [0.15, 0.2) is 6.20 Å². The number of nitrogens with zero attached hydrogens (tertiary/aromatic N) is 3. The number of pyridine rings is 1. The number of imidazole rings is 1. The van der Waals surface area contributed by atoms with Crippen molar-refractivity contribution >= 4 is 0 Å². The van der Waals surface area contributed by atoms with E-state index in [1.54, 1.807) is 0 Å². The summed E-state index contributed by atoms with van der Waals surface area (Å²) in [7, 11) is 2.05. The normalized spacial score (nSPS) is 18.0. The molecule has 1 aromatic carbocycles. The van der Waals surface area contributed by atoms with Crippen molar-refractivity contribution in [1.29, 1.82) is 0 Å². The van der Waals surface area contributed by atoms with Crippen LogP contribution in [0.2, 0.25) is 0 Å². The van der Waals surface area contributed by atoms with E-state index in [1.807, 2.05) is 24.7 Å². The third kappa shape index (κ3) is 2.90. The number of aryl methyl sites for hydroxylation is 2. The summed E-state index contributed by atoms with van der Waals surface area (Å²) < 4.78 is 22.2. The van der Waals surface area contributed by atoms with Crippen LogP contribution in [0.15, 0.2) is 42.9 Å². The van der Waals surface area contributed by atoms with Gasteiger partial charge < -0.3 is 4.57 Å². The minimum absolute atomic E-state index is 0.111. The van der Waals surface area contributed by atoms with Gasteiger partial charge in [0, 0.05) is 33.7 Å². The molecule has 2 aliphatic rings. The first kappa shape index (κ1) is 14.6. The zero-order valence-corrected chi connectivity index (χ0v) is 16.2. The fraction of sp³-hybridized carbons (Fsp3) is 0.417. The lowest BCUT2D eigenvalue weighted by atomic mass is 9.84. The van der Waals surface area contributed by atoms with Gasteiger partial charge in [-0.1, -0.05) is 44.2 Å². The minimum atomic E-state index is -1.30. The average Bonchev–Trinajstić information content (AvgIpc) is 3.31. The standard InChI is InChI=1S/C24H28N3/c1-17-8-9-20-16-22-25-11-13-27(22)24(20)23(17)21-15-19(10-12-26(21)2)14-18-6-4-3-5-7-18/h8-13,15,18H,3-7,14,16H2,1-2H3/q+1/i14D2. The average molecular weight is 361 g/mol. The maximum absolute atomic E-state index is 8.93. The molecule has 27 heavy (non-hydrogen) atoms. The van der Waals surface area contributed by atoms with E-state index in [0.717, 1.165) is 49.2 Å². The molecule has 3 heterocycles. The molecule has 3 heteroatoms. The molecule has 0 saturated heterocycles. The zero-order valence-electron chi connectivity index (χ0n) is 18.2. The summed E-state index contributed by atoms with van der Waals surface area (Å²) in [5.74, 6) is 1.18. The largest absolute Gasteiger partial charge is 0.302 e. The topological polar surface area (TPSA) is 21.7 Å². The van der Waals surface area contributed by atoms with Crippen LogP contribution in [0, 0.1) is 12.8 Å². The minimum Gasteiger partial charge on any atom is -0.302 e. The summed E-state index contributed by atoms with van der Waals surface area (Å²) in [6.45, 7) is 2.15. The van der Waals surface area contributed by atoms with Gasteiger partial charge >= 0.3 is 0 Å². The van der Waals surface area contributed by atoms with Crippen molar-refractivity contribution in [3.05, 3.63) is 65.4 Å². The van der Waals surface area contributed by atoms with E-state index >= 15 is 0 Å². The van der Waals surface area contributed by atoms with E-state index in [0.29, 0.717) is 0 Å². The van der Waals surface area contributed by atoms with Gasteiger partial charge in [-0.05, 0) is 35.9 Å². The second kappa shape index (κ2) is 6.63. The van der Waals surface area contributed by atoms with Crippen LogP contribution in [0.5, 0.6) is 0 Å². The van der Waals surface area contributed by atoms with Crippen LogP contribution < -0.4 is 4.57 Å². The number of aromatic nitrogens is 3. The molecule has 0 N–H and O–H groups in total. The van der Waals surface area contributed by atoms with Crippen molar-refractivity contribution in [2.45, 2.75) is 51.8 Å². The third-order valence-electron chi connectivity index (χ3n) is 6.16. The van der Waals surface area contributed by atoms with Gasteiger partial charge in [0.05, 0.1) is 11.3 Å². The van der Waals surface area contributed by atoms with E-state index in [2.05, 4.69) is 46.3 Å². The summed E-state index contributed by atoms with van der Waals surface area (Å²) in [5, 5.41) is 0. The fourth-order valence-electron chi connectivity index (χ4n) is 4.71. The summed E-state index contributed by atoms with van der Waals surface area (Å²) in [4.78, 5) is 4.51. The SMILES string of the molecule is [2H]C([2H])(c1cc[n+](C)c(-c2c(C)ccc3c2-n2ccnc2C3)c1)C1CCCCC1.